The normalized spacial score (nSPS) is 10.2. The molecule has 6 heteroatoms. The van der Waals surface area contributed by atoms with Crippen LogP contribution in [0.5, 0.6) is 0 Å². The summed E-state index contributed by atoms with van der Waals surface area (Å²) in [6.45, 7) is 0. The summed E-state index contributed by atoms with van der Waals surface area (Å²) in [7, 11) is 0. The molecule has 0 aliphatic carbocycles. The van der Waals surface area contributed by atoms with Gasteiger partial charge in [0.05, 0.1) is 0 Å². The van der Waals surface area contributed by atoms with E-state index < -0.39 is 0 Å². The SMILES string of the molecule is Nc1cccc(NC(=O)CCSc2ncc[nH]2)c1. The number of hydrogen-bond donors (Lipinski definition) is 3. The number of carbonyl (C=O) groups excluding carboxylic acids is 1. The van der Waals surface area contributed by atoms with Crippen LogP contribution >= 0.6 is 11.8 Å². The molecule has 0 spiro atoms. The molecule has 1 amide bonds. The Morgan fingerprint density at radius 1 is 1.50 bits per heavy atom. The summed E-state index contributed by atoms with van der Waals surface area (Å²) in [6, 6.07) is 7.14. The molecule has 94 valence electrons. The zero-order valence-electron chi connectivity index (χ0n) is 9.72. The molecule has 5 nitrogen and oxygen atoms in total. The van der Waals surface area contributed by atoms with Crippen molar-refractivity contribution in [3.8, 4) is 0 Å². The van der Waals surface area contributed by atoms with Gasteiger partial charge in [-0.15, -0.1) is 0 Å². The summed E-state index contributed by atoms with van der Waals surface area (Å²) in [4.78, 5) is 18.7. The predicted octanol–water partition coefficient (Wildman–Crippen LogP) is 2.11. The maximum absolute atomic E-state index is 11.7. The minimum absolute atomic E-state index is 0.0281. The Bertz CT molecular complexity index is 513. The molecule has 2 aromatic rings. The fourth-order valence-electron chi connectivity index (χ4n) is 1.41. The van der Waals surface area contributed by atoms with E-state index in [9.17, 15) is 4.79 Å². The van der Waals surface area contributed by atoms with Gasteiger partial charge in [-0.1, -0.05) is 17.8 Å². The zero-order valence-corrected chi connectivity index (χ0v) is 10.5. The van der Waals surface area contributed by atoms with Crippen LogP contribution in [0.15, 0.2) is 41.8 Å². The molecular weight excluding hydrogens is 248 g/mol. The summed E-state index contributed by atoms with van der Waals surface area (Å²) in [6.07, 6.45) is 3.88. The van der Waals surface area contributed by atoms with Crippen molar-refractivity contribution in [2.75, 3.05) is 16.8 Å². The zero-order chi connectivity index (χ0) is 12.8. The highest BCUT2D eigenvalue weighted by Gasteiger charge is 2.03. The lowest BCUT2D eigenvalue weighted by Gasteiger charge is -2.05. The maximum atomic E-state index is 11.7. The standard InChI is InChI=1S/C12H14N4OS/c13-9-2-1-3-10(8-9)16-11(17)4-7-18-12-14-5-6-15-12/h1-3,5-6,8H,4,7,13H2,(H,14,15)(H,16,17). The first-order valence-electron chi connectivity index (χ1n) is 5.51. The van der Waals surface area contributed by atoms with Gasteiger partial charge in [-0.25, -0.2) is 4.98 Å². The summed E-state index contributed by atoms with van der Waals surface area (Å²) in [5.74, 6) is 0.654. The summed E-state index contributed by atoms with van der Waals surface area (Å²) in [5, 5.41) is 3.63. The minimum atomic E-state index is -0.0281. The Morgan fingerprint density at radius 3 is 3.11 bits per heavy atom. The Hall–Kier alpha value is -1.95. The molecule has 2 rings (SSSR count). The van der Waals surface area contributed by atoms with Crippen molar-refractivity contribution in [2.45, 2.75) is 11.6 Å². The first-order chi connectivity index (χ1) is 8.74. The van der Waals surface area contributed by atoms with Crippen LogP contribution in [0.4, 0.5) is 11.4 Å². The number of nitrogens with one attached hydrogen (secondary N) is 2. The smallest absolute Gasteiger partial charge is 0.225 e. The fraction of sp³-hybridized carbons (Fsp3) is 0.167. The van der Waals surface area contributed by atoms with Crippen molar-refractivity contribution in [3.63, 3.8) is 0 Å². The molecule has 4 N–H and O–H groups in total. The number of H-pyrrole nitrogens is 1. The van der Waals surface area contributed by atoms with Crippen LogP contribution in [0.1, 0.15) is 6.42 Å². The molecule has 1 heterocycles. The van der Waals surface area contributed by atoms with Gasteiger partial charge >= 0.3 is 0 Å². The van der Waals surface area contributed by atoms with Crippen molar-refractivity contribution in [1.29, 1.82) is 0 Å². The van der Waals surface area contributed by atoms with Gasteiger partial charge < -0.3 is 16.0 Å². The third-order valence-electron chi connectivity index (χ3n) is 2.21. The molecule has 0 fully saturated rings. The molecular formula is C12H14N4OS. The summed E-state index contributed by atoms with van der Waals surface area (Å²) >= 11 is 1.52. The van der Waals surface area contributed by atoms with Crippen molar-refractivity contribution in [1.82, 2.24) is 9.97 Å². The second-order valence-corrected chi connectivity index (χ2v) is 4.75. The van der Waals surface area contributed by atoms with E-state index in [1.165, 1.54) is 11.8 Å². The van der Waals surface area contributed by atoms with E-state index in [-0.39, 0.29) is 5.91 Å². The van der Waals surface area contributed by atoms with Crippen LogP contribution < -0.4 is 11.1 Å². The number of anilines is 2. The topological polar surface area (TPSA) is 83.8 Å². The molecule has 18 heavy (non-hydrogen) atoms. The Balaban J connectivity index is 1.75. The van der Waals surface area contributed by atoms with Crippen LogP contribution in [0.25, 0.3) is 0 Å². The van der Waals surface area contributed by atoms with Gasteiger partial charge in [0.2, 0.25) is 5.91 Å². The first kappa shape index (κ1) is 12.5. The number of nitrogens with zero attached hydrogens (tertiary/aromatic N) is 1. The van der Waals surface area contributed by atoms with Gasteiger partial charge in [0.15, 0.2) is 5.16 Å². The summed E-state index contributed by atoms with van der Waals surface area (Å²) < 4.78 is 0. The molecule has 0 saturated heterocycles. The fourth-order valence-corrected chi connectivity index (χ4v) is 2.18. The molecule has 1 aromatic carbocycles. The monoisotopic (exact) mass is 262 g/mol. The lowest BCUT2D eigenvalue weighted by atomic mass is 10.3. The number of hydrogen-bond acceptors (Lipinski definition) is 4. The van der Waals surface area contributed by atoms with Crippen molar-refractivity contribution >= 4 is 29.0 Å². The van der Waals surface area contributed by atoms with Crippen LogP contribution in [-0.4, -0.2) is 21.6 Å². The Kier molecular flexibility index (Phi) is 4.25. The third-order valence-corrected chi connectivity index (χ3v) is 3.12. The third kappa shape index (κ3) is 3.81. The van der Waals surface area contributed by atoms with Crippen LogP contribution in [0, 0.1) is 0 Å². The highest BCUT2D eigenvalue weighted by atomic mass is 32.2. The number of amides is 1. The molecule has 0 aliphatic heterocycles. The predicted molar refractivity (Wildman–Crippen MR) is 73.4 cm³/mol. The second kappa shape index (κ2) is 6.11. The number of aromatic amines is 1. The molecule has 0 atom stereocenters. The number of benzene rings is 1. The van der Waals surface area contributed by atoms with E-state index in [1.54, 1.807) is 24.5 Å². The highest BCUT2D eigenvalue weighted by molar-refractivity contribution is 7.99. The number of rotatable bonds is 5. The maximum Gasteiger partial charge on any atom is 0.225 e. The first-order valence-corrected chi connectivity index (χ1v) is 6.50. The van der Waals surface area contributed by atoms with Crippen LogP contribution in [-0.2, 0) is 4.79 Å². The van der Waals surface area contributed by atoms with Crippen molar-refractivity contribution < 1.29 is 4.79 Å². The van der Waals surface area contributed by atoms with Gasteiger partial charge in [0.25, 0.3) is 0 Å². The molecule has 0 saturated carbocycles. The number of nitrogen functional groups attached to an aromatic ring is 1. The summed E-state index contributed by atoms with van der Waals surface area (Å²) in [5.41, 5.74) is 6.99. The van der Waals surface area contributed by atoms with Gasteiger partial charge in [0.1, 0.15) is 0 Å². The molecule has 0 unspecified atom stereocenters. The Labute approximate surface area is 109 Å². The number of aromatic nitrogens is 2. The second-order valence-electron chi connectivity index (χ2n) is 3.67. The van der Waals surface area contributed by atoms with Crippen LogP contribution in [0.2, 0.25) is 0 Å². The number of thioether (sulfide) groups is 1. The van der Waals surface area contributed by atoms with Gasteiger partial charge in [-0.3, -0.25) is 4.79 Å². The minimum Gasteiger partial charge on any atom is -0.399 e. The van der Waals surface area contributed by atoms with Gasteiger partial charge in [-0.05, 0) is 18.2 Å². The number of carbonyl (C=O) groups is 1. The largest absolute Gasteiger partial charge is 0.399 e. The molecule has 0 bridgehead atoms. The van der Waals surface area contributed by atoms with E-state index in [0.717, 1.165) is 10.8 Å². The Morgan fingerprint density at radius 2 is 2.39 bits per heavy atom. The van der Waals surface area contributed by atoms with Gasteiger partial charge in [-0.2, -0.15) is 0 Å². The quantitative estimate of drug-likeness (QED) is 0.569. The highest BCUT2D eigenvalue weighted by Crippen LogP contribution is 2.15. The van der Waals surface area contributed by atoms with E-state index >= 15 is 0 Å². The molecule has 0 radical (unpaired) electrons. The van der Waals surface area contributed by atoms with E-state index in [1.807, 2.05) is 12.1 Å². The lowest BCUT2D eigenvalue weighted by Crippen LogP contribution is -2.12. The van der Waals surface area contributed by atoms with Crippen molar-refractivity contribution in [3.05, 3.63) is 36.7 Å². The molecule has 0 aliphatic rings. The number of imidazole rings is 1. The van der Waals surface area contributed by atoms with Crippen LogP contribution in [0.3, 0.4) is 0 Å². The van der Waals surface area contributed by atoms with Crippen molar-refractivity contribution in [2.24, 2.45) is 0 Å². The van der Waals surface area contributed by atoms with E-state index in [2.05, 4.69) is 15.3 Å². The van der Waals surface area contributed by atoms with E-state index in [0.29, 0.717) is 17.9 Å². The number of nitrogens with two attached hydrogens (primary N) is 1. The van der Waals surface area contributed by atoms with E-state index in [4.69, 9.17) is 5.73 Å². The van der Waals surface area contributed by atoms with Gasteiger partial charge in [0, 0.05) is 35.9 Å². The average Bonchev–Trinajstić information content (AvgIpc) is 2.82. The molecule has 1 aromatic heterocycles. The average molecular weight is 262 g/mol. The lowest BCUT2D eigenvalue weighted by molar-refractivity contribution is -0.115.